The van der Waals surface area contributed by atoms with E-state index in [2.05, 4.69) is 15.2 Å². The van der Waals surface area contributed by atoms with Crippen molar-refractivity contribution >= 4 is 56.5 Å². The Kier molecular flexibility index (Phi) is 2.92. The number of aromatic amines is 2. The van der Waals surface area contributed by atoms with Crippen molar-refractivity contribution in [1.29, 1.82) is 0 Å². The van der Waals surface area contributed by atoms with Gasteiger partial charge in [0, 0.05) is 26.7 Å². The highest BCUT2D eigenvalue weighted by molar-refractivity contribution is 7.71. The summed E-state index contributed by atoms with van der Waals surface area (Å²) in [5.74, 6) is 0. The minimum Gasteiger partial charge on any atom is -0.395 e. The van der Waals surface area contributed by atoms with Crippen LogP contribution >= 0.6 is 23.8 Å². The zero-order valence-electron chi connectivity index (χ0n) is 12.5. The van der Waals surface area contributed by atoms with Crippen molar-refractivity contribution < 1.29 is 4.42 Å². The van der Waals surface area contributed by atoms with Gasteiger partial charge in [-0.15, -0.1) is 5.10 Å². The normalized spacial score (nSPS) is 11.7. The predicted octanol–water partition coefficient (Wildman–Crippen LogP) is 4.32. The van der Waals surface area contributed by atoms with Gasteiger partial charge < -0.3 is 9.40 Å². The number of hydrogen-bond donors (Lipinski definition) is 2. The molecular formula is C17H9ClN4O2S. The van der Waals surface area contributed by atoms with Crippen molar-refractivity contribution in [3.05, 3.63) is 62.7 Å². The van der Waals surface area contributed by atoms with Crippen LogP contribution in [0.4, 0.5) is 0 Å². The number of benzene rings is 2. The van der Waals surface area contributed by atoms with E-state index in [0.717, 1.165) is 21.7 Å². The molecule has 5 rings (SSSR count). The highest BCUT2D eigenvalue weighted by Crippen LogP contribution is 2.33. The number of pyridine rings is 1. The lowest BCUT2D eigenvalue weighted by atomic mass is 10.1. The van der Waals surface area contributed by atoms with Crippen LogP contribution in [0.15, 0.2) is 51.7 Å². The first-order valence-electron chi connectivity index (χ1n) is 7.44. The van der Waals surface area contributed by atoms with Crippen molar-refractivity contribution in [2.75, 3.05) is 0 Å². The zero-order valence-corrected chi connectivity index (χ0v) is 14.1. The quantitative estimate of drug-likeness (QED) is 0.432. The summed E-state index contributed by atoms with van der Waals surface area (Å²) in [5, 5.41) is 10.4. The molecule has 0 saturated carbocycles. The molecular weight excluding hydrogens is 360 g/mol. The summed E-state index contributed by atoms with van der Waals surface area (Å²) < 4.78 is 6.78. The second kappa shape index (κ2) is 5.05. The van der Waals surface area contributed by atoms with E-state index < -0.39 is 0 Å². The van der Waals surface area contributed by atoms with Gasteiger partial charge in [0.15, 0.2) is 0 Å². The number of hydrogen-bond acceptors (Lipinski definition) is 4. The van der Waals surface area contributed by atoms with Crippen LogP contribution in [0.5, 0.6) is 0 Å². The summed E-state index contributed by atoms with van der Waals surface area (Å²) in [5.41, 5.74) is 1.19. The largest absolute Gasteiger partial charge is 0.395 e. The number of halogens is 1. The fraction of sp³-hybridized carbons (Fsp3) is 0. The molecule has 25 heavy (non-hydrogen) atoms. The van der Waals surface area contributed by atoms with E-state index >= 15 is 0 Å². The molecule has 0 fully saturated rings. The summed E-state index contributed by atoms with van der Waals surface area (Å²) in [7, 11) is 0. The van der Waals surface area contributed by atoms with Crippen LogP contribution in [0.3, 0.4) is 0 Å². The van der Waals surface area contributed by atoms with Crippen molar-refractivity contribution in [1.82, 2.24) is 19.7 Å². The van der Waals surface area contributed by atoms with E-state index in [1.807, 2.05) is 30.3 Å². The lowest BCUT2D eigenvalue weighted by Gasteiger charge is -2.06. The summed E-state index contributed by atoms with van der Waals surface area (Å²) in [4.78, 5) is 16.4. The van der Waals surface area contributed by atoms with Crippen LogP contribution in [-0.2, 0) is 0 Å². The molecule has 122 valence electrons. The van der Waals surface area contributed by atoms with Gasteiger partial charge in [0.05, 0.1) is 0 Å². The Balaban J connectivity index is 2.13. The Labute approximate surface area is 149 Å². The molecule has 6 nitrogen and oxygen atoms in total. The van der Waals surface area contributed by atoms with E-state index in [1.54, 1.807) is 12.1 Å². The Hall–Kier alpha value is -2.90. The third-order valence-corrected chi connectivity index (χ3v) is 4.62. The zero-order chi connectivity index (χ0) is 17.1. The Bertz CT molecular complexity index is 1410. The molecule has 3 heterocycles. The average Bonchev–Trinajstić information content (AvgIpc) is 3.19. The molecule has 0 bridgehead atoms. The van der Waals surface area contributed by atoms with Crippen molar-refractivity contribution in [2.45, 2.75) is 0 Å². The molecule has 8 heteroatoms. The Morgan fingerprint density at radius 2 is 1.92 bits per heavy atom. The number of aromatic nitrogens is 4. The van der Waals surface area contributed by atoms with Gasteiger partial charge in [-0.05, 0) is 41.9 Å². The Morgan fingerprint density at radius 1 is 1.12 bits per heavy atom. The molecule has 2 N–H and O–H groups in total. The van der Waals surface area contributed by atoms with E-state index in [1.165, 1.54) is 4.57 Å². The molecule has 5 aromatic rings. The van der Waals surface area contributed by atoms with Crippen LogP contribution in [0.1, 0.15) is 0 Å². The fourth-order valence-electron chi connectivity index (χ4n) is 3.20. The maximum absolute atomic E-state index is 13.1. The van der Waals surface area contributed by atoms with E-state index in [0.29, 0.717) is 16.1 Å². The van der Waals surface area contributed by atoms with Crippen LogP contribution < -0.4 is 5.56 Å². The second-order valence-electron chi connectivity index (χ2n) is 5.62. The van der Waals surface area contributed by atoms with Gasteiger partial charge in [-0.2, -0.15) is 0 Å². The predicted molar refractivity (Wildman–Crippen MR) is 99.2 cm³/mol. The highest BCUT2D eigenvalue weighted by Gasteiger charge is 2.19. The first-order chi connectivity index (χ1) is 12.1. The first kappa shape index (κ1) is 14.4. The second-order valence-corrected chi connectivity index (χ2v) is 6.43. The third-order valence-electron chi connectivity index (χ3n) is 4.21. The third kappa shape index (κ3) is 2.00. The Morgan fingerprint density at radius 3 is 2.68 bits per heavy atom. The van der Waals surface area contributed by atoms with Gasteiger partial charge in [0.25, 0.3) is 10.4 Å². The summed E-state index contributed by atoms with van der Waals surface area (Å²) >= 11 is 11.1. The number of rotatable bonds is 1. The van der Waals surface area contributed by atoms with Crippen LogP contribution in [0.25, 0.3) is 38.7 Å². The van der Waals surface area contributed by atoms with E-state index in [9.17, 15) is 4.79 Å². The summed E-state index contributed by atoms with van der Waals surface area (Å²) in [6, 6.07) is 13.0. The van der Waals surface area contributed by atoms with E-state index in [-0.39, 0.29) is 16.4 Å². The molecule has 0 spiro atoms. The number of nitrogens with one attached hydrogen (secondary N) is 2. The van der Waals surface area contributed by atoms with Gasteiger partial charge in [-0.3, -0.25) is 4.79 Å². The SMILES string of the molecule is O=c1c2ccccc2c2c3cc(Cl)ccc3[nH]c2n1-c1n[nH]c(=S)o1. The molecule has 0 radical (unpaired) electrons. The summed E-state index contributed by atoms with van der Waals surface area (Å²) in [6.45, 7) is 0. The standard InChI is InChI=1S/C17H9ClN4O2S/c18-8-5-6-12-11(7-8)13-9-3-1-2-4-10(9)15(23)22(14(13)19-12)16-20-21-17(25)24-16/h1-7,19H,(H,21,25). The topological polar surface area (TPSA) is 79.6 Å². The van der Waals surface area contributed by atoms with Crippen molar-refractivity contribution in [2.24, 2.45) is 0 Å². The fourth-order valence-corrected chi connectivity index (χ4v) is 3.49. The lowest BCUT2D eigenvalue weighted by Crippen LogP contribution is -2.19. The number of nitrogens with zero attached hydrogens (tertiary/aromatic N) is 2. The van der Waals surface area contributed by atoms with E-state index in [4.69, 9.17) is 28.2 Å². The molecule has 0 atom stereocenters. The molecule has 0 aliphatic rings. The molecule has 0 amide bonds. The number of fused-ring (bicyclic) bond motifs is 5. The maximum atomic E-state index is 13.1. The minimum atomic E-state index is -0.244. The maximum Gasteiger partial charge on any atom is 0.330 e. The van der Waals surface area contributed by atoms with Crippen LogP contribution in [0.2, 0.25) is 5.02 Å². The molecule has 2 aromatic carbocycles. The first-order valence-corrected chi connectivity index (χ1v) is 8.23. The molecule has 0 aliphatic heterocycles. The monoisotopic (exact) mass is 368 g/mol. The number of H-pyrrole nitrogens is 2. The van der Waals surface area contributed by atoms with Crippen molar-refractivity contribution in [3.8, 4) is 6.01 Å². The average molecular weight is 369 g/mol. The van der Waals surface area contributed by atoms with Gasteiger partial charge in [0.2, 0.25) is 0 Å². The minimum absolute atomic E-state index is 0.0865. The smallest absolute Gasteiger partial charge is 0.330 e. The molecule has 0 aliphatic carbocycles. The molecule has 0 unspecified atom stereocenters. The van der Waals surface area contributed by atoms with Gasteiger partial charge in [-0.1, -0.05) is 29.8 Å². The summed E-state index contributed by atoms with van der Waals surface area (Å²) in [6.07, 6.45) is 0. The van der Waals surface area contributed by atoms with Gasteiger partial charge in [0.1, 0.15) is 5.65 Å². The van der Waals surface area contributed by atoms with Gasteiger partial charge in [-0.25, -0.2) is 9.67 Å². The lowest BCUT2D eigenvalue weighted by molar-refractivity contribution is 0.511. The van der Waals surface area contributed by atoms with Crippen LogP contribution in [0, 0.1) is 4.84 Å². The molecule has 0 saturated heterocycles. The van der Waals surface area contributed by atoms with Crippen LogP contribution in [-0.4, -0.2) is 19.7 Å². The highest BCUT2D eigenvalue weighted by atomic mass is 35.5. The van der Waals surface area contributed by atoms with Crippen molar-refractivity contribution in [3.63, 3.8) is 0 Å². The van der Waals surface area contributed by atoms with Gasteiger partial charge >= 0.3 is 6.01 Å². The molecule has 3 aromatic heterocycles.